The van der Waals surface area contributed by atoms with Gasteiger partial charge in [0.2, 0.25) is 0 Å². The third kappa shape index (κ3) is 4.89. The second-order valence-corrected chi connectivity index (χ2v) is 16.6. The SMILES string of the molecule is CC1=Nc2cc(/C=C/c3cccc(C4CC5(C)C(O)CCC5C5CCC6CC7(CCC6=C45)CCC(C)(C)CO7)c3)ccc2C1. The van der Waals surface area contributed by atoms with Gasteiger partial charge in [-0.1, -0.05) is 80.5 Å². The van der Waals surface area contributed by atoms with E-state index in [9.17, 15) is 5.11 Å². The van der Waals surface area contributed by atoms with E-state index < -0.39 is 0 Å². The van der Waals surface area contributed by atoms with Crippen LogP contribution in [-0.4, -0.2) is 29.1 Å². The third-order valence-electron chi connectivity index (χ3n) is 13.1. The molecule has 2 heterocycles. The summed E-state index contributed by atoms with van der Waals surface area (Å²) in [7, 11) is 0. The zero-order chi connectivity index (χ0) is 30.3. The Morgan fingerprint density at radius 3 is 2.57 bits per heavy atom. The van der Waals surface area contributed by atoms with Gasteiger partial charge in [-0.3, -0.25) is 4.99 Å². The molecule has 44 heavy (non-hydrogen) atoms. The van der Waals surface area contributed by atoms with E-state index in [0.29, 0.717) is 29.1 Å². The van der Waals surface area contributed by atoms with Crippen LogP contribution in [-0.2, 0) is 11.2 Å². The molecular weight excluding hydrogens is 538 g/mol. The summed E-state index contributed by atoms with van der Waals surface area (Å²) in [5.74, 6) is 2.31. The number of hydrogen-bond acceptors (Lipinski definition) is 3. The number of nitrogens with zero attached hydrogens (tertiary/aromatic N) is 1. The van der Waals surface area contributed by atoms with E-state index in [1.807, 2.05) is 0 Å². The standard InChI is InChI=1S/C41H51NO2/c1-26-20-30-11-10-28(22-36(30)42-26)9-8-27-6-5-7-29(21-27)34-24-40(4)35(14-15-37(40)43)33-13-12-31-23-41(17-16-32(31)38(33)34)19-18-39(2,3)25-44-41/h5-11,21-22,31,33-35,37,43H,12-20,23-25H2,1-4H3/b9-8+. The number of aliphatic hydroxyl groups is 1. The van der Waals surface area contributed by atoms with Gasteiger partial charge in [-0.25, -0.2) is 0 Å². The lowest BCUT2D eigenvalue weighted by Crippen LogP contribution is -2.49. The highest BCUT2D eigenvalue weighted by Gasteiger charge is 2.57. The van der Waals surface area contributed by atoms with E-state index in [2.05, 4.69) is 82.3 Å². The molecule has 2 aromatic rings. The van der Waals surface area contributed by atoms with Gasteiger partial charge in [-0.2, -0.15) is 0 Å². The molecule has 0 radical (unpaired) electrons. The zero-order valence-electron chi connectivity index (χ0n) is 27.4. The van der Waals surface area contributed by atoms with Crippen LogP contribution in [0.4, 0.5) is 5.69 Å². The first-order chi connectivity index (χ1) is 21.1. The minimum atomic E-state index is -0.179. The number of rotatable bonds is 3. The van der Waals surface area contributed by atoms with Crippen LogP contribution in [0, 0.1) is 28.6 Å². The average Bonchev–Trinajstić information content (AvgIpc) is 3.54. The van der Waals surface area contributed by atoms with Crippen molar-refractivity contribution in [1.29, 1.82) is 0 Å². The summed E-state index contributed by atoms with van der Waals surface area (Å²) in [5.41, 5.74) is 11.6. The topological polar surface area (TPSA) is 41.8 Å². The quantitative estimate of drug-likeness (QED) is 0.286. The Kier molecular flexibility index (Phi) is 6.93. The number of allylic oxidation sites excluding steroid dienone is 2. The first kappa shape index (κ1) is 28.9. The number of fused-ring (bicyclic) bond motifs is 5. The van der Waals surface area contributed by atoms with Gasteiger partial charge in [0.25, 0.3) is 0 Å². The van der Waals surface area contributed by atoms with Crippen molar-refractivity contribution < 1.29 is 9.84 Å². The van der Waals surface area contributed by atoms with E-state index >= 15 is 0 Å². The number of benzene rings is 2. The maximum atomic E-state index is 11.4. The van der Waals surface area contributed by atoms with Crippen LogP contribution in [0.5, 0.6) is 0 Å². The van der Waals surface area contributed by atoms with Crippen molar-refractivity contribution in [1.82, 2.24) is 0 Å². The molecule has 0 bridgehead atoms. The molecule has 6 aliphatic rings. The highest BCUT2D eigenvalue weighted by Crippen LogP contribution is 2.65. The summed E-state index contributed by atoms with van der Waals surface area (Å²) < 4.78 is 6.76. The molecule has 8 rings (SSSR count). The molecule has 0 aromatic heterocycles. The predicted molar refractivity (Wildman–Crippen MR) is 181 cm³/mol. The Morgan fingerprint density at radius 2 is 1.75 bits per heavy atom. The van der Waals surface area contributed by atoms with Crippen molar-refractivity contribution in [3.8, 4) is 0 Å². The van der Waals surface area contributed by atoms with Gasteiger partial charge in [0.05, 0.1) is 24.0 Å². The molecule has 0 amide bonds. The summed E-state index contributed by atoms with van der Waals surface area (Å²) >= 11 is 0. The van der Waals surface area contributed by atoms with Crippen molar-refractivity contribution in [2.24, 2.45) is 33.6 Å². The largest absolute Gasteiger partial charge is 0.393 e. The maximum absolute atomic E-state index is 11.4. The molecule has 1 saturated heterocycles. The molecule has 1 N–H and O–H groups in total. The molecule has 232 valence electrons. The van der Waals surface area contributed by atoms with Gasteiger partial charge in [0, 0.05) is 18.1 Å². The molecule has 1 spiro atoms. The minimum absolute atomic E-state index is 0.00902. The van der Waals surface area contributed by atoms with Crippen LogP contribution in [0.3, 0.4) is 0 Å². The second-order valence-electron chi connectivity index (χ2n) is 16.6. The molecule has 2 aromatic carbocycles. The second kappa shape index (κ2) is 10.5. The lowest BCUT2D eigenvalue weighted by atomic mass is 9.51. The summed E-state index contributed by atoms with van der Waals surface area (Å²) in [6.45, 7) is 10.2. The van der Waals surface area contributed by atoms with Gasteiger partial charge >= 0.3 is 0 Å². The van der Waals surface area contributed by atoms with Crippen molar-refractivity contribution >= 4 is 23.6 Å². The maximum Gasteiger partial charge on any atom is 0.0691 e. The predicted octanol–water partition coefficient (Wildman–Crippen LogP) is 9.85. The van der Waals surface area contributed by atoms with Gasteiger partial charge in [0.15, 0.2) is 0 Å². The normalized spacial score (nSPS) is 37.5. The monoisotopic (exact) mass is 589 g/mol. The van der Waals surface area contributed by atoms with Crippen molar-refractivity contribution in [2.45, 2.75) is 116 Å². The average molecular weight is 590 g/mol. The van der Waals surface area contributed by atoms with E-state index in [1.165, 1.54) is 79.3 Å². The van der Waals surface area contributed by atoms with E-state index in [0.717, 1.165) is 31.6 Å². The van der Waals surface area contributed by atoms with Crippen LogP contribution < -0.4 is 0 Å². The Bertz CT molecular complexity index is 1550. The Balaban J connectivity index is 1.12. The first-order valence-electron chi connectivity index (χ1n) is 17.6. The molecule has 3 saturated carbocycles. The van der Waals surface area contributed by atoms with E-state index in [1.54, 1.807) is 11.1 Å². The summed E-state index contributed by atoms with van der Waals surface area (Å²) in [6.07, 6.45) is 17.3. The fourth-order valence-electron chi connectivity index (χ4n) is 10.6. The molecule has 3 nitrogen and oxygen atoms in total. The zero-order valence-corrected chi connectivity index (χ0v) is 27.4. The molecule has 2 aliphatic heterocycles. The Morgan fingerprint density at radius 1 is 0.909 bits per heavy atom. The minimum Gasteiger partial charge on any atom is -0.393 e. The molecule has 3 heteroatoms. The molecule has 4 aliphatic carbocycles. The summed E-state index contributed by atoms with van der Waals surface area (Å²) in [4.78, 5) is 4.74. The van der Waals surface area contributed by atoms with Crippen molar-refractivity contribution in [3.05, 3.63) is 75.9 Å². The van der Waals surface area contributed by atoms with Crippen LogP contribution >= 0.6 is 0 Å². The molecular formula is C41H51NO2. The van der Waals surface area contributed by atoms with Crippen LogP contribution in [0.15, 0.2) is 58.6 Å². The van der Waals surface area contributed by atoms with Crippen LogP contribution in [0.1, 0.15) is 120 Å². The summed E-state index contributed by atoms with van der Waals surface area (Å²) in [6, 6.07) is 16.0. The highest BCUT2D eigenvalue weighted by atomic mass is 16.5. The van der Waals surface area contributed by atoms with E-state index in [-0.39, 0.29) is 17.1 Å². The Labute approximate surface area is 264 Å². The van der Waals surface area contributed by atoms with Gasteiger partial charge in [-0.05, 0) is 128 Å². The summed E-state index contributed by atoms with van der Waals surface area (Å²) in [5, 5.41) is 11.4. The van der Waals surface area contributed by atoms with Crippen LogP contribution in [0.25, 0.3) is 12.2 Å². The lowest BCUT2D eigenvalue weighted by molar-refractivity contribution is -0.144. The Hall–Kier alpha value is -2.49. The van der Waals surface area contributed by atoms with Gasteiger partial charge in [-0.15, -0.1) is 0 Å². The smallest absolute Gasteiger partial charge is 0.0691 e. The molecule has 7 unspecified atom stereocenters. The number of aliphatic hydroxyl groups excluding tert-OH is 1. The lowest BCUT2D eigenvalue weighted by Gasteiger charge is -2.55. The number of ether oxygens (including phenoxy) is 1. The van der Waals surface area contributed by atoms with Crippen LogP contribution in [0.2, 0.25) is 0 Å². The number of aliphatic imine (C=N–C) groups is 1. The van der Waals surface area contributed by atoms with E-state index in [4.69, 9.17) is 9.73 Å². The first-order valence-corrected chi connectivity index (χ1v) is 17.6. The van der Waals surface area contributed by atoms with Gasteiger partial charge in [0.1, 0.15) is 0 Å². The fraction of sp³-hybridized carbons (Fsp3) is 0.585. The van der Waals surface area contributed by atoms with Gasteiger partial charge < -0.3 is 9.84 Å². The fourth-order valence-corrected chi connectivity index (χ4v) is 10.6. The van der Waals surface area contributed by atoms with Crippen molar-refractivity contribution in [2.75, 3.05) is 6.61 Å². The number of hydrogen-bond donors (Lipinski definition) is 1. The van der Waals surface area contributed by atoms with Crippen molar-refractivity contribution in [3.63, 3.8) is 0 Å². The highest BCUT2D eigenvalue weighted by molar-refractivity contribution is 5.92. The third-order valence-corrected chi connectivity index (χ3v) is 13.1. The molecule has 4 fully saturated rings. The molecule has 7 atom stereocenters.